The molecule has 0 amide bonds. The minimum absolute atomic E-state index is 0.0539. The summed E-state index contributed by atoms with van der Waals surface area (Å²) in [6, 6.07) is 1.38. The lowest BCUT2D eigenvalue weighted by atomic mass is 9.96. The predicted octanol–water partition coefficient (Wildman–Crippen LogP) is 1.96. The van der Waals surface area contributed by atoms with E-state index in [1.807, 2.05) is 0 Å². The van der Waals surface area contributed by atoms with Gasteiger partial charge in [-0.3, -0.25) is 4.79 Å². The van der Waals surface area contributed by atoms with Crippen LogP contribution in [0.1, 0.15) is 29.6 Å². The summed E-state index contributed by atoms with van der Waals surface area (Å²) in [6.45, 7) is 0. The second-order valence-electron chi connectivity index (χ2n) is 3.34. The van der Waals surface area contributed by atoms with Crippen LogP contribution in [0.5, 0.6) is 5.75 Å². The molecule has 0 N–H and O–H groups in total. The van der Waals surface area contributed by atoms with E-state index in [1.54, 1.807) is 0 Å². The number of halogens is 1. The molecule has 1 aliphatic carbocycles. The summed E-state index contributed by atoms with van der Waals surface area (Å²) in [4.78, 5) is 13.9. The Kier molecular flexibility index (Phi) is 2.43. The zero-order valence-corrected chi connectivity index (χ0v) is 7.57. The Morgan fingerprint density at radius 1 is 1.57 bits per heavy atom. The van der Waals surface area contributed by atoms with Crippen LogP contribution in [-0.2, 0) is 0 Å². The highest BCUT2D eigenvalue weighted by Crippen LogP contribution is 2.25. The number of carbonyl (C=O) groups is 1. The van der Waals surface area contributed by atoms with Gasteiger partial charge in [0.05, 0.1) is 17.9 Å². The molecule has 1 aliphatic rings. The maximum Gasteiger partial charge on any atom is 0.223 e. The average Bonchev–Trinajstić information content (AvgIpc) is 2.14. The van der Waals surface area contributed by atoms with Gasteiger partial charge < -0.3 is 4.74 Å². The van der Waals surface area contributed by atoms with E-state index in [4.69, 9.17) is 4.74 Å². The lowest BCUT2D eigenvalue weighted by molar-refractivity contribution is 0.110. The predicted molar refractivity (Wildman–Crippen MR) is 47.8 cm³/mol. The highest BCUT2D eigenvalue weighted by atomic mass is 19.1. The SMILES string of the molecule is O=Cc1cc(OC2CCC2)cnc1F. The molecule has 1 saturated carbocycles. The quantitative estimate of drug-likeness (QED) is 0.546. The molecule has 3 nitrogen and oxygen atoms in total. The number of ether oxygens (including phenoxy) is 1. The molecule has 0 saturated heterocycles. The Labute approximate surface area is 80.9 Å². The molecule has 0 atom stereocenters. The maximum absolute atomic E-state index is 12.8. The van der Waals surface area contributed by atoms with Gasteiger partial charge in [-0.05, 0) is 25.3 Å². The van der Waals surface area contributed by atoms with Crippen molar-refractivity contribution in [3.8, 4) is 5.75 Å². The van der Waals surface area contributed by atoms with Crippen molar-refractivity contribution in [3.05, 3.63) is 23.8 Å². The number of hydrogen-bond donors (Lipinski definition) is 0. The van der Waals surface area contributed by atoms with Gasteiger partial charge in [0.15, 0.2) is 6.29 Å². The molecule has 1 fully saturated rings. The van der Waals surface area contributed by atoms with E-state index < -0.39 is 5.95 Å². The normalized spacial score (nSPS) is 16.1. The van der Waals surface area contributed by atoms with E-state index in [2.05, 4.69) is 4.98 Å². The Morgan fingerprint density at radius 3 is 2.93 bits per heavy atom. The molecule has 4 heteroatoms. The van der Waals surface area contributed by atoms with Crippen LogP contribution in [0, 0.1) is 5.95 Å². The van der Waals surface area contributed by atoms with E-state index in [0.717, 1.165) is 12.8 Å². The first-order valence-corrected chi connectivity index (χ1v) is 4.57. The van der Waals surface area contributed by atoms with Crippen LogP contribution in [0.3, 0.4) is 0 Å². The zero-order chi connectivity index (χ0) is 9.97. The number of aldehydes is 1. The molecule has 1 aromatic rings. The van der Waals surface area contributed by atoms with Crippen LogP contribution in [0.25, 0.3) is 0 Å². The molecule has 1 aromatic heterocycles. The number of rotatable bonds is 3. The van der Waals surface area contributed by atoms with Gasteiger partial charge in [0.1, 0.15) is 5.75 Å². The summed E-state index contributed by atoms with van der Waals surface area (Å²) < 4.78 is 18.3. The van der Waals surface area contributed by atoms with Crippen molar-refractivity contribution in [1.82, 2.24) is 4.98 Å². The van der Waals surface area contributed by atoms with Crippen LogP contribution in [-0.4, -0.2) is 17.4 Å². The van der Waals surface area contributed by atoms with E-state index in [9.17, 15) is 9.18 Å². The lowest BCUT2D eigenvalue weighted by Crippen LogP contribution is -2.24. The molecule has 14 heavy (non-hydrogen) atoms. The fourth-order valence-electron chi connectivity index (χ4n) is 1.27. The summed E-state index contributed by atoms with van der Waals surface area (Å²) in [7, 11) is 0. The van der Waals surface area contributed by atoms with Crippen LogP contribution in [0.4, 0.5) is 4.39 Å². The molecule has 0 aliphatic heterocycles. The highest BCUT2D eigenvalue weighted by Gasteiger charge is 2.19. The summed E-state index contributed by atoms with van der Waals surface area (Å²) in [5.41, 5.74) is -0.0539. The minimum atomic E-state index is -0.749. The van der Waals surface area contributed by atoms with Gasteiger partial charge in [0.25, 0.3) is 0 Å². The van der Waals surface area contributed by atoms with Crippen LogP contribution in [0.15, 0.2) is 12.3 Å². The van der Waals surface area contributed by atoms with Crippen molar-refractivity contribution >= 4 is 6.29 Å². The molecule has 74 valence electrons. The third-order valence-corrected chi connectivity index (χ3v) is 2.32. The standard InChI is InChI=1S/C10H10FNO2/c11-10-7(6-13)4-9(5-12-10)14-8-2-1-3-8/h4-6,8H,1-3H2. The van der Waals surface area contributed by atoms with Crippen molar-refractivity contribution in [2.75, 3.05) is 0 Å². The molecular formula is C10H10FNO2. The molecule has 0 spiro atoms. The minimum Gasteiger partial charge on any atom is -0.489 e. The third kappa shape index (κ3) is 1.73. The van der Waals surface area contributed by atoms with E-state index in [-0.39, 0.29) is 11.7 Å². The fourth-order valence-corrected chi connectivity index (χ4v) is 1.27. The van der Waals surface area contributed by atoms with Crippen LogP contribution in [0.2, 0.25) is 0 Å². The van der Waals surface area contributed by atoms with Crippen molar-refractivity contribution < 1.29 is 13.9 Å². The zero-order valence-electron chi connectivity index (χ0n) is 7.57. The number of pyridine rings is 1. The summed E-state index contributed by atoms with van der Waals surface area (Å²) in [5.74, 6) is -0.279. The fraction of sp³-hybridized carbons (Fsp3) is 0.400. The summed E-state index contributed by atoms with van der Waals surface area (Å²) >= 11 is 0. The van der Waals surface area contributed by atoms with Gasteiger partial charge in [0.2, 0.25) is 5.95 Å². The molecule has 0 bridgehead atoms. The van der Waals surface area contributed by atoms with Gasteiger partial charge in [-0.2, -0.15) is 4.39 Å². The lowest BCUT2D eigenvalue weighted by Gasteiger charge is -2.26. The van der Waals surface area contributed by atoms with Crippen molar-refractivity contribution in [2.24, 2.45) is 0 Å². The first-order valence-electron chi connectivity index (χ1n) is 4.57. The molecule has 2 rings (SSSR count). The Bertz CT molecular complexity index is 350. The first kappa shape index (κ1) is 9.12. The Morgan fingerprint density at radius 2 is 2.36 bits per heavy atom. The smallest absolute Gasteiger partial charge is 0.223 e. The van der Waals surface area contributed by atoms with Crippen LogP contribution < -0.4 is 4.74 Å². The number of nitrogens with zero attached hydrogens (tertiary/aromatic N) is 1. The second-order valence-corrected chi connectivity index (χ2v) is 3.34. The molecule has 0 unspecified atom stereocenters. The third-order valence-electron chi connectivity index (χ3n) is 2.32. The Hall–Kier alpha value is -1.45. The molecule has 0 radical (unpaired) electrons. The maximum atomic E-state index is 12.8. The number of carbonyl (C=O) groups excluding carboxylic acids is 1. The van der Waals surface area contributed by atoms with Crippen molar-refractivity contribution in [3.63, 3.8) is 0 Å². The number of aromatic nitrogens is 1. The molecule has 1 heterocycles. The first-order chi connectivity index (χ1) is 6.79. The summed E-state index contributed by atoms with van der Waals surface area (Å²) in [6.07, 6.45) is 5.17. The topological polar surface area (TPSA) is 39.2 Å². The van der Waals surface area contributed by atoms with Gasteiger partial charge in [-0.15, -0.1) is 0 Å². The van der Waals surface area contributed by atoms with Gasteiger partial charge >= 0.3 is 0 Å². The van der Waals surface area contributed by atoms with E-state index in [0.29, 0.717) is 12.0 Å². The van der Waals surface area contributed by atoms with Crippen molar-refractivity contribution in [1.29, 1.82) is 0 Å². The van der Waals surface area contributed by atoms with Gasteiger partial charge in [-0.1, -0.05) is 0 Å². The second kappa shape index (κ2) is 3.74. The highest BCUT2D eigenvalue weighted by molar-refractivity contribution is 5.75. The van der Waals surface area contributed by atoms with Crippen molar-refractivity contribution in [2.45, 2.75) is 25.4 Å². The molecule has 0 aromatic carbocycles. The monoisotopic (exact) mass is 195 g/mol. The molecular weight excluding hydrogens is 185 g/mol. The number of hydrogen-bond acceptors (Lipinski definition) is 3. The average molecular weight is 195 g/mol. The Balaban J connectivity index is 2.13. The van der Waals surface area contributed by atoms with Gasteiger partial charge in [-0.25, -0.2) is 4.98 Å². The summed E-state index contributed by atoms with van der Waals surface area (Å²) in [5, 5.41) is 0. The van der Waals surface area contributed by atoms with E-state index in [1.165, 1.54) is 18.7 Å². The largest absolute Gasteiger partial charge is 0.489 e. The van der Waals surface area contributed by atoms with Crippen LogP contribution >= 0.6 is 0 Å². The van der Waals surface area contributed by atoms with E-state index >= 15 is 0 Å². The van der Waals surface area contributed by atoms with Gasteiger partial charge in [0, 0.05) is 0 Å².